The molecule has 1 aromatic heterocycles. The van der Waals surface area contributed by atoms with Crippen molar-refractivity contribution in [1.82, 2.24) is 4.57 Å². The number of cyclic esters (lactones) is 1. The molecule has 0 unspecified atom stereocenters. The zero-order valence-corrected chi connectivity index (χ0v) is 14.5. The molecule has 0 saturated heterocycles. The molecule has 0 atom stereocenters. The summed E-state index contributed by atoms with van der Waals surface area (Å²) < 4.78 is 6.79. The number of aliphatic imine (C=N–C) groups is 1. The predicted molar refractivity (Wildman–Crippen MR) is 100 cm³/mol. The summed E-state index contributed by atoms with van der Waals surface area (Å²) in [6.45, 7) is 1.47. The van der Waals surface area contributed by atoms with Gasteiger partial charge in [-0.1, -0.05) is 41.9 Å². The van der Waals surface area contributed by atoms with Gasteiger partial charge in [-0.05, 0) is 30.3 Å². The van der Waals surface area contributed by atoms with Crippen LogP contribution in [0.5, 0.6) is 0 Å². The van der Waals surface area contributed by atoms with Crippen LogP contribution in [0.4, 0.5) is 0 Å². The molecule has 0 bridgehead atoms. The Labute approximate surface area is 154 Å². The molecule has 4 rings (SSSR count). The van der Waals surface area contributed by atoms with E-state index < -0.39 is 5.97 Å². The van der Waals surface area contributed by atoms with E-state index in [9.17, 15) is 9.59 Å². The average molecular weight is 365 g/mol. The van der Waals surface area contributed by atoms with Crippen molar-refractivity contribution in [2.45, 2.75) is 6.92 Å². The second-order valence-electron chi connectivity index (χ2n) is 5.80. The van der Waals surface area contributed by atoms with Crippen LogP contribution in [-0.2, 0) is 9.53 Å². The maximum atomic E-state index is 12.2. The number of benzene rings is 2. The molecule has 128 valence electrons. The maximum Gasteiger partial charge on any atom is 0.363 e. The highest BCUT2D eigenvalue weighted by atomic mass is 35.5. The van der Waals surface area contributed by atoms with E-state index in [1.807, 2.05) is 30.3 Å². The van der Waals surface area contributed by atoms with Crippen molar-refractivity contribution in [3.63, 3.8) is 0 Å². The van der Waals surface area contributed by atoms with Crippen LogP contribution in [-0.4, -0.2) is 22.3 Å². The van der Waals surface area contributed by atoms with Crippen LogP contribution in [0, 0.1) is 0 Å². The Morgan fingerprint density at radius 3 is 2.65 bits per heavy atom. The van der Waals surface area contributed by atoms with Crippen LogP contribution >= 0.6 is 11.6 Å². The molecule has 0 saturated carbocycles. The van der Waals surface area contributed by atoms with Crippen molar-refractivity contribution in [3.8, 4) is 0 Å². The van der Waals surface area contributed by atoms with Gasteiger partial charge >= 0.3 is 5.97 Å². The molecule has 0 N–H and O–H groups in total. The summed E-state index contributed by atoms with van der Waals surface area (Å²) in [6, 6.07) is 16.3. The van der Waals surface area contributed by atoms with Crippen molar-refractivity contribution < 1.29 is 14.3 Å². The van der Waals surface area contributed by atoms with Crippen LogP contribution in [0.25, 0.3) is 17.0 Å². The van der Waals surface area contributed by atoms with Crippen molar-refractivity contribution in [2.75, 3.05) is 0 Å². The van der Waals surface area contributed by atoms with Gasteiger partial charge in [0.05, 0.1) is 21.8 Å². The molecule has 26 heavy (non-hydrogen) atoms. The fraction of sp³-hybridized carbons (Fsp3) is 0.0500. The van der Waals surface area contributed by atoms with Crippen molar-refractivity contribution in [3.05, 3.63) is 76.6 Å². The van der Waals surface area contributed by atoms with Crippen molar-refractivity contribution in [2.24, 2.45) is 4.99 Å². The first kappa shape index (κ1) is 16.3. The van der Waals surface area contributed by atoms with Crippen LogP contribution in [0.3, 0.4) is 0 Å². The fourth-order valence-electron chi connectivity index (χ4n) is 2.93. The lowest BCUT2D eigenvalue weighted by atomic mass is 10.2. The molecular formula is C20H13ClN2O3. The van der Waals surface area contributed by atoms with E-state index in [0.717, 1.165) is 10.9 Å². The van der Waals surface area contributed by atoms with E-state index in [-0.39, 0.29) is 17.5 Å². The Balaban J connectivity index is 1.83. The topological polar surface area (TPSA) is 60.7 Å². The van der Waals surface area contributed by atoms with Gasteiger partial charge in [0.2, 0.25) is 11.8 Å². The zero-order valence-electron chi connectivity index (χ0n) is 13.8. The van der Waals surface area contributed by atoms with E-state index in [2.05, 4.69) is 4.99 Å². The Morgan fingerprint density at radius 2 is 1.88 bits per heavy atom. The molecule has 0 spiro atoms. The lowest BCUT2D eigenvalue weighted by molar-refractivity contribution is -0.129. The normalized spacial score (nSPS) is 15.4. The second-order valence-corrected chi connectivity index (χ2v) is 6.21. The molecule has 6 heteroatoms. The van der Waals surface area contributed by atoms with E-state index in [0.29, 0.717) is 16.3 Å². The van der Waals surface area contributed by atoms with Gasteiger partial charge in [-0.15, -0.1) is 0 Å². The van der Waals surface area contributed by atoms with Gasteiger partial charge < -0.3 is 4.74 Å². The molecule has 3 aromatic rings. The number of halogens is 1. The molecule has 0 amide bonds. The first-order valence-corrected chi connectivity index (χ1v) is 8.31. The summed E-state index contributed by atoms with van der Waals surface area (Å²) in [5, 5.41) is 1.34. The Bertz CT molecular complexity index is 1130. The van der Waals surface area contributed by atoms with Crippen LogP contribution in [0.1, 0.15) is 23.0 Å². The molecule has 5 nitrogen and oxygen atoms in total. The number of fused-ring (bicyclic) bond motifs is 1. The number of carbonyl (C=O) groups is 2. The van der Waals surface area contributed by atoms with Gasteiger partial charge in [0.15, 0.2) is 5.70 Å². The summed E-state index contributed by atoms with van der Waals surface area (Å²) in [4.78, 5) is 28.6. The number of carbonyl (C=O) groups excluding carboxylic acids is 2. The van der Waals surface area contributed by atoms with E-state index in [1.165, 1.54) is 6.92 Å². The monoisotopic (exact) mass is 364 g/mol. The quantitative estimate of drug-likeness (QED) is 0.503. The minimum Gasteiger partial charge on any atom is -0.402 e. The van der Waals surface area contributed by atoms with E-state index >= 15 is 0 Å². The minimum atomic E-state index is -0.583. The number of esters is 1. The average Bonchev–Trinajstić information content (AvgIpc) is 3.16. The summed E-state index contributed by atoms with van der Waals surface area (Å²) >= 11 is 6.14. The van der Waals surface area contributed by atoms with Crippen LogP contribution in [0.15, 0.2) is 65.3 Å². The predicted octanol–water partition coefficient (Wildman–Crippen LogP) is 4.30. The van der Waals surface area contributed by atoms with Gasteiger partial charge in [-0.3, -0.25) is 9.36 Å². The zero-order chi connectivity index (χ0) is 18.3. The molecule has 1 aliphatic heterocycles. The maximum absolute atomic E-state index is 12.2. The smallest absolute Gasteiger partial charge is 0.363 e. The van der Waals surface area contributed by atoms with Gasteiger partial charge in [-0.2, -0.15) is 0 Å². The van der Waals surface area contributed by atoms with E-state index in [4.69, 9.17) is 16.3 Å². The Kier molecular flexibility index (Phi) is 3.93. The molecule has 2 heterocycles. The molecule has 0 fully saturated rings. The largest absolute Gasteiger partial charge is 0.402 e. The number of nitrogens with zero attached hydrogens (tertiary/aromatic N) is 2. The second kappa shape index (κ2) is 6.28. The molecule has 0 radical (unpaired) electrons. The molecule has 2 aromatic carbocycles. The number of para-hydroxylation sites is 1. The first-order chi connectivity index (χ1) is 12.5. The number of aromatic nitrogens is 1. The summed E-state index contributed by atoms with van der Waals surface area (Å²) in [7, 11) is 0. The third kappa shape index (κ3) is 2.72. The Hall–Kier alpha value is -3.18. The lowest BCUT2D eigenvalue weighted by Gasteiger charge is -2.02. The van der Waals surface area contributed by atoms with Crippen LogP contribution < -0.4 is 0 Å². The van der Waals surface area contributed by atoms with Gasteiger partial charge in [0.1, 0.15) is 0 Å². The van der Waals surface area contributed by atoms with Crippen molar-refractivity contribution >= 4 is 46.4 Å². The highest BCUT2D eigenvalue weighted by Gasteiger charge is 2.26. The molecule has 0 aliphatic carbocycles. The number of ether oxygens (including phenoxy) is 1. The highest BCUT2D eigenvalue weighted by Crippen LogP contribution is 2.26. The highest BCUT2D eigenvalue weighted by molar-refractivity contribution is 6.34. The summed E-state index contributed by atoms with van der Waals surface area (Å²) in [6.07, 6.45) is 1.55. The number of rotatable bonds is 2. The van der Waals surface area contributed by atoms with Crippen LogP contribution in [0.2, 0.25) is 5.02 Å². The number of hydrogen-bond acceptors (Lipinski definition) is 4. The molecular weight excluding hydrogens is 352 g/mol. The minimum absolute atomic E-state index is 0.116. The Morgan fingerprint density at radius 1 is 1.15 bits per heavy atom. The third-order valence-corrected chi connectivity index (χ3v) is 4.39. The van der Waals surface area contributed by atoms with Gasteiger partial charge in [-0.25, -0.2) is 9.79 Å². The lowest BCUT2D eigenvalue weighted by Crippen LogP contribution is -2.08. The molecule has 1 aliphatic rings. The van der Waals surface area contributed by atoms with Gasteiger partial charge in [0.25, 0.3) is 0 Å². The number of hydrogen-bond donors (Lipinski definition) is 0. The first-order valence-electron chi connectivity index (χ1n) is 7.93. The standard InChI is InChI=1S/C20H13ClN2O3/c1-12(24)23-14(10-13-6-2-5-9-18(13)23)11-17-20(25)26-19(22-17)15-7-3-4-8-16(15)21/h2-11H,1H3/b17-11-. The van der Waals surface area contributed by atoms with Crippen molar-refractivity contribution in [1.29, 1.82) is 0 Å². The fourth-order valence-corrected chi connectivity index (χ4v) is 3.15. The third-order valence-electron chi connectivity index (χ3n) is 4.06. The summed E-state index contributed by atoms with van der Waals surface area (Å²) in [5.41, 5.74) is 1.99. The summed E-state index contributed by atoms with van der Waals surface area (Å²) in [5.74, 6) is -0.586. The SMILES string of the molecule is CC(=O)n1c(/C=C2\N=C(c3ccccc3Cl)OC2=O)cc2ccccc21. The van der Waals surface area contributed by atoms with E-state index in [1.54, 1.807) is 34.9 Å². The van der Waals surface area contributed by atoms with Gasteiger partial charge in [0, 0.05) is 12.3 Å².